The summed E-state index contributed by atoms with van der Waals surface area (Å²) >= 11 is 0. The zero-order valence-corrected chi connectivity index (χ0v) is 13.0. The topological polar surface area (TPSA) is 78.5 Å². The van der Waals surface area contributed by atoms with Gasteiger partial charge >= 0.3 is 0 Å². The van der Waals surface area contributed by atoms with Crippen molar-refractivity contribution >= 4 is 21.6 Å². The second kappa shape index (κ2) is 6.71. The van der Waals surface area contributed by atoms with Crippen molar-refractivity contribution in [1.29, 1.82) is 0 Å². The second-order valence-corrected chi connectivity index (χ2v) is 6.66. The van der Waals surface area contributed by atoms with Gasteiger partial charge in [-0.15, -0.1) is 0 Å². The highest BCUT2D eigenvalue weighted by atomic mass is 32.2. The third kappa shape index (κ3) is 4.82. The van der Waals surface area contributed by atoms with Gasteiger partial charge in [0.1, 0.15) is 0 Å². The lowest BCUT2D eigenvalue weighted by atomic mass is 10.3. The van der Waals surface area contributed by atoms with Crippen molar-refractivity contribution in [3.05, 3.63) is 24.3 Å². The van der Waals surface area contributed by atoms with Gasteiger partial charge < -0.3 is 10.2 Å². The van der Waals surface area contributed by atoms with Crippen molar-refractivity contribution in [2.45, 2.75) is 24.8 Å². The Hall–Kier alpha value is -1.60. The summed E-state index contributed by atoms with van der Waals surface area (Å²) in [5.41, 5.74) is 0.698. The van der Waals surface area contributed by atoms with Gasteiger partial charge in [-0.3, -0.25) is 4.79 Å². The van der Waals surface area contributed by atoms with E-state index < -0.39 is 10.0 Å². The van der Waals surface area contributed by atoms with Crippen LogP contribution < -0.4 is 10.0 Å². The molecular formula is C13H21N3O3S. The van der Waals surface area contributed by atoms with E-state index in [4.69, 9.17) is 0 Å². The number of nitrogens with one attached hydrogen (secondary N) is 2. The van der Waals surface area contributed by atoms with E-state index in [0.29, 0.717) is 5.69 Å². The van der Waals surface area contributed by atoms with Gasteiger partial charge in [-0.25, -0.2) is 13.1 Å². The molecule has 0 saturated heterocycles. The molecule has 112 valence electrons. The number of amides is 1. The Labute approximate surface area is 120 Å². The third-order valence-electron chi connectivity index (χ3n) is 2.50. The molecule has 0 aliphatic rings. The second-order valence-electron chi connectivity index (χ2n) is 4.94. The molecule has 0 atom stereocenters. The van der Waals surface area contributed by atoms with Crippen LogP contribution in [0, 0.1) is 0 Å². The first-order chi connectivity index (χ1) is 9.22. The van der Waals surface area contributed by atoms with Crippen LogP contribution >= 0.6 is 0 Å². The predicted octanol–water partition coefficient (Wildman–Crippen LogP) is 0.873. The number of hydrogen-bond acceptors (Lipinski definition) is 4. The minimum absolute atomic E-state index is 0.0526. The normalized spacial score (nSPS) is 11.4. The molecule has 0 aliphatic carbocycles. The molecule has 0 fully saturated rings. The van der Waals surface area contributed by atoms with Crippen LogP contribution in [0.1, 0.15) is 13.8 Å². The minimum Gasteiger partial charge on any atom is -0.376 e. The number of likely N-dealkylation sites (N-methyl/N-ethyl adjacent to an activating group) is 1. The van der Waals surface area contributed by atoms with E-state index in [9.17, 15) is 13.2 Å². The number of anilines is 1. The van der Waals surface area contributed by atoms with Gasteiger partial charge in [0.05, 0.1) is 11.4 Å². The van der Waals surface area contributed by atoms with Gasteiger partial charge in [-0.1, -0.05) is 0 Å². The van der Waals surface area contributed by atoms with E-state index >= 15 is 0 Å². The fourth-order valence-electron chi connectivity index (χ4n) is 1.47. The van der Waals surface area contributed by atoms with E-state index in [1.807, 2.05) is 0 Å². The molecule has 7 heteroatoms. The Morgan fingerprint density at radius 1 is 1.20 bits per heavy atom. The van der Waals surface area contributed by atoms with Gasteiger partial charge in [-0.05, 0) is 38.1 Å². The number of carbonyl (C=O) groups excluding carboxylic acids is 1. The van der Waals surface area contributed by atoms with Gasteiger partial charge in [0.25, 0.3) is 0 Å². The molecule has 0 bridgehead atoms. The first-order valence-electron chi connectivity index (χ1n) is 6.29. The molecule has 1 rings (SSSR count). The largest absolute Gasteiger partial charge is 0.376 e. The SMILES string of the molecule is CC(C)NS(=O)(=O)c1ccc(NCC(=O)N(C)C)cc1. The number of sulfonamides is 1. The van der Waals surface area contributed by atoms with Gasteiger partial charge in [-0.2, -0.15) is 0 Å². The summed E-state index contributed by atoms with van der Waals surface area (Å²) < 4.78 is 26.3. The highest BCUT2D eigenvalue weighted by Gasteiger charge is 2.14. The maximum absolute atomic E-state index is 11.9. The van der Waals surface area contributed by atoms with Gasteiger partial charge in [0, 0.05) is 25.8 Å². The zero-order chi connectivity index (χ0) is 15.3. The van der Waals surface area contributed by atoms with Gasteiger partial charge in [0.15, 0.2) is 0 Å². The Kier molecular flexibility index (Phi) is 5.52. The van der Waals surface area contributed by atoms with Crippen LogP contribution in [-0.4, -0.2) is 45.9 Å². The summed E-state index contributed by atoms with van der Waals surface area (Å²) in [5.74, 6) is -0.0526. The van der Waals surface area contributed by atoms with Crippen molar-refractivity contribution in [1.82, 2.24) is 9.62 Å². The fraction of sp³-hybridized carbons (Fsp3) is 0.462. The standard InChI is InChI=1S/C13H21N3O3S/c1-10(2)15-20(18,19)12-7-5-11(6-8-12)14-9-13(17)16(3)4/h5-8,10,14-15H,9H2,1-4H3. The van der Waals surface area contributed by atoms with Crippen molar-refractivity contribution < 1.29 is 13.2 Å². The van der Waals surface area contributed by atoms with Crippen molar-refractivity contribution in [3.63, 3.8) is 0 Å². The zero-order valence-electron chi connectivity index (χ0n) is 12.2. The maximum atomic E-state index is 11.9. The number of carbonyl (C=O) groups is 1. The quantitative estimate of drug-likeness (QED) is 0.817. The molecule has 2 N–H and O–H groups in total. The Morgan fingerprint density at radius 2 is 1.75 bits per heavy atom. The Balaban J connectivity index is 2.72. The maximum Gasteiger partial charge on any atom is 0.241 e. The van der Waals surface area contributed by atoms with Crippen molar-refractivity contribution in [2.24, 2.45) is 0 Å². The molecule has 1 aromatic carbocycles. The minimum atomic E-state index is -3.47. The molecule has 20 heavy (non-hydrogen) atoms. The lowest BCUT2D eigenvalue weighted by molar-refractivity contribution is -0.126. The smallest absolute Gasteiger partial charge is 0.241 e. The summed E-state index contributed by atoms with van der Waals surface area (Å²) in [5, 5.41) is 2.94. The molecule has 0 spiro atoms. The molecule has 0 saturated carbocycles. The van der Waals surface area contributed by atoms with Crippen molar-refractivity contribution in [3.8, 4) is 0 Å². The molecule has 1 amide bonds. The average molecular weight is 299 g/mol. The predicted molar refractivity (Wildman–Crippen MR) is 79.1 cm³/mol. The molecule has 0 heterocycles. The summed E-state index contributed by atoms with van der Waals surface area (Å²) in [6.45, 7) is 3.70. The number of hydrogen-bond donors (Lipinski definition) is 2. The van der Waals surface area contributed by atoms with E-state index in [1.165, 1.54) is 17.0 Å². The lowest BCUT2D eigenvalue weighted by Gasteiger charge is -2.13. The van der Waals surface area contributed by atoms with Crippen LogP contribution in [-0.2, 0) is 14.8 Å². The summed E-state index contributed by atoms with van der Waals surface area (Å²) in [6.07, 6.45) is 0. The average Bonchev–Trinajstić information content (AvgIpc) is 2.34. The van der Waals surface area contributed by atoms with E-state index in [-0.39, 0.29) is 23.4 Å². The lowest BCUT2D eigenvalue weighted by Crippen LogP contribution is -2.30. The summed E-state index contributed by atoms with van der Waals surface area (Å²) in [6, 6.07) is 6.13. The summed E-state index contributed by atoms with van der Waals surface area (Å²) in [4.78, 5) is 13.1. The monoisotopic (exact) mass is 299 g/mol. The Bertz CT molecular complexity index is 551. The van der Waals surface area contributed by atoms with E-state index in [0.717, 1.165) is 0 Å². The van der Waals surface area contributed by atoms with Crippen LogP contribution in [0.2, 0.25) is 0 Å². The highest BCUT2D eigenvalue weighted by molar-refractivity contribution is 7.89. The summed E-state index contributed by atoms with van der Waals surface area (Å²) in [7, 11) is -0.118. The molecule has 1 aromatic rings. The molecule has 0 aliphatic heterocycles. The number of benzene rings is 1. The molecular weight excluding hydrogens is 278 g/mol. The first-order valence-corrected chi connectivity index (χ1v) is 7.77. The van der Waals surface area contributed by atoms with Gasteiger partial charge in [0.2, 0.25) is 15.9 Å². The van der Waals surface area contributed by atoms with Crippen LogP contribution in [0.3, 0.4) is 0 Å². The number of nitrogens with zero attached hydrogens (tertiary/aromatic N) is 1. The highest BCUT2D eigenvalue weighted by Crippen LogP contribution is 2.14. The molecule has 6 nitrogen and oxygen atoms in total. The van der Waals surface area contributed by atoms with E-state index in [2.05, 4.69) is 10.0 Å². The molecule has 0 unspecified atom stereocenters. The van der Waals surface area contributed by atoms with Crippen LogP contribution in [0.25, 0.3) is 0 Å². The van der Waals surface area contributed by atoms with Crippen molar-refractivity contribution in [2.75, 3.05) is 26.0 Å². The molecule has 0 radical (unpaired) electrons. The van der Waals surface area contributed by atoms with Crippen LogP contribution in [0.4, 0.5) is 5.69 Å². The third-order valence-corrected chi connectivity index (χ3v) is 4.17. The Morgan fingerprint density at radius 3 is 2.20 bits per heavy atom. The number of rotatable bonds is 6. The fourth-order valence-corrected chi connectivity index (χ4v) is 2.72. The first kappa shape index (κ1) is 16.5. The molecule has 0 aromatic heterocycles. The van der Waals surface area contributed by atoms with E-state index in [1.54, 1.807) is 40.1 Å². The van der Waals surface area contributed by atoms with Crippen LogP contribution in [0.15, 0.2) is 29.2 Å². The van der Waals surface area contributed by atoms with Crippen LogP contribution in [0.5, 0.6) is 0 Å².